The van der Waals surface area contributed by atoms with Crippen molar-refractivity contribution in [3.05, 3.63) is 33.8 Å². The zero-order chi connectivity index (χ0) is 9.84. The van der Waals surface area contributed by atoms with E-state index in [0.717, 1.165) is 5.56 Å². The summed E-state index contributed by atoms with van der Waals surface area (Å²) in [5.41, 5.74) is 0.802. The molecule has 0 saturated heterocycles. The first-order chi connectivity index (χ1) is 6.11. The second kappa shape index (κ2) is 4.96. The lowest BCUT2D eigenvalue weighted by atomic mass is 10.2. The molecule has 0 heterocycles. The molecule has 0 amide bonds. The van der Waals surface area contributed by atoms with Crippen molar-refractivity contribution in [1.29, 1.82) is 0 Å². The Labute approximate surface area is 89.1 Å². The van der Waals surface area contributed by atoms with Crippen LogP contribution in [0.15, 0.2) is 18.2 Å². The summed E-state index contributed by atoms with van der Waals surface area (Å²) in [6.07, 6.45) is 0.461. The van der Waals surface area contributed by atoms with E-state index in [1.54, 1.807) is 18.2 Å². The molecule has 1 aromatic carbocycles. The normalized spacial score (nSPS) is 12.8. The van der Waals surface area contributed by atoms with Gasteiger partial charge in [-0.1, -0.05) is 35.3 Å². The van der Waals surface area contributed by atoms with Crippen molar-refractivity contribution in [1.82, 2.24) is 0 Å². The van der Waals surface area contributed by atoms with Gasteiger partial charge in [0, 0.05) is 0 Å². The molecule has 0 saturated carbocycles. The molecule has 0 fully saturated rings. The molecule has 72 valence electrons. The van der Waals surface area contributed by atoms with Crippen LogP contribution in [0.4, 0.5) is 0 Å². The molecule has 5 heteroatoms. The van der Waals surface area contributed by atoms with Crippen molar-refractivity contribution < 1.29 is 8.76 Å². The molecule has 0 spiro atoms. The summed E-state index contributed by atoms with van der Waals surface area (Å²) in [5, 5.41) is 0.942. The van der Waals surface area contributed by atoms with Crippen molar-refractivity contribution in [3.63, 3.8) is 0 Å². The highest BCUT2D eigenvalue weighted by Crippen LogP contribution is 2.25. The first kappa shape index (κ1) is 11.0. The van der Waals surface area contributed by atoms with E-state index < -0.39 is 11.1 Å². The third-order valence-electron chi connectivity index (χ3n) is 1.58. The highest BCUT2D eigenvalue weighted by molar-refractivity contribution is 7.79. The predicted molar refractivity (Wildman–Crippen MR) is 55.8 cm³/mol. The number of rotatable bonds is 3. The zero-order valence-electron chi connectivity index (χ0n) is 6.67. The van der Waals surface area contributed by atoms with Gasteiger partial charge >= 0.3 is 0 Å². The molecule has 2 nitrogen and oxygen atoms in total. The molecule has 0 aromatic heterocycles. The molecule has 1 unspecified atom stereocenters. The molecule has 0 aliphatic heterocycles. The van der Waals surface area contributed by atoms with E-state index in [1.807, 2.05) is 0 Å². The van der Waals surface area contributed by atoms with Crippen LogP contribution >= 0.6 is 23.2 Å². The fourth-order valence-electron chi connectivity index (χ4n) is 0.939. The minimum atomic E-state index is -1.78. The zero-order valence-corrected chi connectivity index (χ0v) is 8.99. The summed E-state index contributed by atoms with van der Waals surface area (Å²) in [7, 11) is 0. The van der Waals surface area contributed by atoms with Gasteiger partial charge in [0.25, 0.3) is 0 Å². The number of aryl methyl sites for hydroxylation is 1. The number of halogens is 2. The van der Waals surface area contributed by atoms with Gasteiger partial charge in [-0.2, -0.15) is 0 Å². The summed E-state index contributed by atoms with van der Waals surface area (Å²) >= 11 is 9.84. The van der Waals surface area contributed by atoms with Gasteiger partial charge in [-0.25, -0.2) is 4.21 Å². The maximum atomic E-state index is 10.4. The van der Waals surface area contributed by atoms with E-state index in [2.05, 4.69) is 0 Å². The van der Waals surface area contributed by atoms with Crippen LogP contribution in [0.3, 0.4) is 0 Å². The fourth-order valence-corrected chi connectivity index (χ4v) is 1.75. The predicted octanol–water partition coefficient (Wildman–Crippen LogP) is 2.76. The Morgan fingerprint density at radius 3 is 2.69 bits per heavy atom. The van der Waals surface area contributed by atoms with Gasteiger partial charge in [0.1, 0.15) is 0 Å². The van der Waals surface area contributed by atoms with Crippen molar-refractivity contribution in [2.24, 2.45) is 0 Å². The number of hydrogen-bond donors (Lipinski definition) is 1. The van der Waals surface area contributed by atoms with Gasteiger partial charge in [0.05, 0.1) is 15.8 Å². The van der Waals surface area contributed by atoms with Crippen LogP contribution in [0.5, 0.6) is 0 Å². The topological polar surface area (TPSA) is 37.3 Å². The van der Waals surface area contributed by atoms with E-state index in [0.29, 0.717) is 16.5 Å². The highest BCUT2D eigenvalue weighted by atomic mass is 35.5. The minimum Gasteiger partial charge on any atom is -0.306 e. The van der Waals surface area contributed by atoms with Gasteiger partial charge in [-0.05, 0) is 18.1 Å². The Morgan fingerprint density at radius 1 is 1.38 bits per heavy atom. The standard InChI is InChI=1S/C8H8Cl2O2S/c9-7-3-1-2-6(8(7)10)4-5-13(11)12/h1-3H,4-5H2,(H,11,12). The average molecular weight is 239 g/mol. The quantitative estimate of drug-likeness (QED) is 0.823. The lowest BCUT2D eigenvalue weighted by molar-refractivity contribution is 0.563. The number of benzene rings is 1. The lowest BCUT2D eigenvalue weighted by Gasteiger charge is -2.03. The highest BCUT2D eigenvalue weighted by Gasteiger charge is 2.04. The van der Waals surface area contributed by atoms with Crippen molar-refractivity contribution in [2.45, 2.75) is 6.42 Å². The maximum absolute atomic E-state index is 10.4. The van der Waals surface area contributed by atoms with Gasteiger partial charge in [0.15, 0.2) is 11.1 Å². The molecule has 1 rings (SSSR count). The summed E-state index contributed by atoms with van der Waals surface area (Å²) < 4.78 is 19.0. The van der Waals surface area contributed by atoms with Gasteiger partial charge in [0.2, 0.25) is 0 Å². The largest absolute Gasteiger partial charge is 0.306 e. The smallest absolute Gasteiger partial charge is 0.153 e. The van der Waals surface area contributed by atoms with E-state index in [-0.39, 0.29) is 5.75 Å². The van der Waals surface area contributed by atoms with Crippen LogP contribution in [-0.4, -0.2) is 14.5 Å². The summed E-state index contributed by atoms with van der Waals surface area (Å²) in [5.74, 6) is 0.181. The Hall–Kier alpha value is -0.0900. The van der Waals surface area contributed by atoms with Gasteiger partial charge in [-0.15, -0.1) is 0 Å². The SMILES string of the molecule is O=S(O)CCc1cccc(Cl)c1Cl. The Morgan fingerprint density at radius 2 is 2.08 bits per heavy atom. The van der Waals surface area contributed by atoms with Crippen LogP contribution in [0.25, 0.3) is 0 Å². The van der Waals surface area contributed by atoms with E-state index >= 15 is 0 Å². The Balaban J connectivity index is 2.77. The monoisotopic (exact) mass is 238 g/mol. The molecule has 1 atom stereocenters. The molecular weight excluding hydrogens is 231 g/mol. The third kappa shape index (κ3) is 3.27. The van der Waals surface area contributed by atoms with E-state index in [9.17, 15) is 4.21 Å². The Bertz CT molecular complexity index is 328. The lowest BCUT2D eigenvalue weighted by Crippen LogP contribution is -1.99. The van der Waals surface area contributed by atoms with Crippen molar-refractivity contribution in [3.8, 4) is 0 Å². The van der Waals surface area contributed by atoms with Crippen LogP contribution in [0.2, 0.25) is 10.0 Å². The minimum absolute atomic E-state index is 0.181. The van der Waals surface area contributed by atoms with Crippen LogP contribution < -0.4 is 0 Å². The number of hydrogen-bond acceptors (Lipinski definition) is 1. The second-order valence-electron chi connectivity index (χ2n) is 2.49. The summed E-state index contributed by atoms with van der Waals surface area (Å²) in [6, 6.07) is 5.24. The molecular formula is C8H8Cl2O2S. The first-order valence-corrected chi connectivity index (χ1v) is 5.65. The molecule has 1 aromatic rings. The summed E-state index contributed by atoms with van der Waals surface area (Å²) in [4.78, 5) is 0. The molecule has 0 aliphatic carbocycles. The molecule has 0 aliphatic rings. The third-order valence-corrected chi connectivity index (χ3v) is 2.99. The average Bonchev–Trinajstić information content (AvgIpc) is 2.07. The summed E-state index contributed by atoms with van der Waals surface area (Å²) in [6.45, 7) is 0. The van der Waals surface area contributed by atoms with Crippen molar-refractivity contribution in [2.75, 3.05) is 5.75 Å². The second-order valence-corrected chi connectivity index (χ2v) is 4.32. The molecule has 0 bridgehead atoms. The van der Waals surface area contributed by atoms with Gasteiger partial charge < -0.3 is 4.55 Å². The van der Waals surface area contributed by atoms with Crippen LogP contribution in [0.1, 0.15) is 5.56 Å². The van der Waals surface area contributed by atoms with Crippen LogP contribution in [0, 0.1) is 0 Å². The Kier molecular flexibility index (Phi) is 4.19. The molecule has 1 N–H and O–H groups in total. The van der Waals surface area contributed by atoms with Gasteiger partial charge in [-0.3, -0.25) is 0 Å². The van der Waals surface area contributed by atoms with Crippen LogP contribution in [-0.2, 0) is 17.5 Å². The molecule has 13 heavy (non-hydrogen) atoms. The fraction of sp³-hybridized carbons (Fsp3) is 0.250. The van der Waals surface area contributed by atoms with Crippen molar-refractivity contribution >= 4 is 34.3 Å². The molecule has 0 radical (unpaired) electrons. The first-order valence-electron chi connectivity index (χ1n) is 3.61. The maximum Gasteiger partial charge on any atom is 0.153 e. The van der Waals surface area contributed by atoms with E-state index in [1.165, 1.54) is 0 Å². The van der Waals surface area contributed by atoms with E-state index in [4.69, 9.17) is 27.8 Å².